The van der Waals surface area contributed by atoms with Crippen molar-refractivity contribution in [2.45, 2.75) is 17.9 Å². The number of fused-ring (bicyclic) bond motifs is 1. The van der Waals surface area contributed by atoms with Gasteiger partial charge in [0.1, 0.15) is 11.8 Å². The largest absolute Gasteiger partial charge is 0.337 e. The fraction of sp³-hybridized carbons (Fsp3) is 0.136. The number of urea groups is 1. The molecule has 2 aromatic carbocycles. The average molecular weight is 451 g/mol. The Kier molecular flexibility index (Phi) is 6.15. The van der Waals surface area contributed by atoms with Crippen molar-refractivity contribution in [2.24, 2.45) is 5.73 Å². The van der Waals surface area contributed by atoms with Crippen LogP contribution < -0.4 is 15.8 Å². The summed E-state index contributed by atoms with van der Waals surface area (Å²) in [7, 11) is -3.94. The third kappa shape index (κ3) is 4.76. The standard InChI is InChI=1S/C22H22N6O3S/c23-13-17-3-7-19(8-4-17)32(30,31)27-22(29)25-12-9-16-1-5-18(6-2-16)28-15-26-20-14-24-11-10-21(20)28/h1-8,10-11,14-15H,9,12-13,23H2,(H2,25,27,29). The number of rotatable bonds is 7. The van der Waals surface area contributed by atoms with Gasteiger partial charge in [0, 0.05) is 25.0 Å². The molecule has 0 fully saturated rings. The van der Waals surface area contributed by atoms with E-state index in [1.165, 1.54) is 12.1 Å². The Hall–Kier alpha value is -3.76. The maximum Gasteiger partial charge on any atom is 0.328 e. The smallest absolute Gasteiger partial charge is 0.328 e. The van der Waals surface area contributed by atoms with Gasteiger partial charge in [0.15, 0.2) is 0 Å². The van der Waals surface area contributed by atoms with Crippen molar-refractivity contribution in [3.05, 3.63) is 84.4 Å². The van der Waals surface area contributed by atoms with E-state index in [1.807, 2.05) is 39.6 Å². The first-order chi connectivity index (χ1) is 15.5. The number of nitrogens with one attached hydrogen (secondary N) is 2. The predicted octanol–water partition coefficient (Wildman–Crippen LogP) is 2.11. The van der Waals surface area contributed by atoms with Gasteiger partial charge in [-0.25, -0.2) is 22.9 Å². The summed E-state index contributed by atoms with van der Waals surface area (Å²) in [5.74, 6) is 0. The highest BCUT2D eigenvalue weighted by atomic mass is 32.2. The first-order valence-corrected chi connectivity index (χ1v) is 11.4. The van der Waals surface area contributed by atoms with E-state index in [4.69, 9.17) is 5.73 Å². The van der Waals surface area contributed by atoms with Crippen LogP contribution in [-0.2, 0) is 23.0 Å². The fourth-order valence-electron chi connectivity index (χ4n) is 3.24. The summed E-state index contributed by atoms with van der Waals surface area (Å²) in [4.78, 5) is 20.5. The molecule has 10 heteroatoms. The molecule has 2 heterocycles. The Balaban J connectivity index is 1.31. The van der Waals surface area contributed by atoms with E-state index in [0.717, 1.165) is 27.8 Å². The molecule has 0 atom stereocenters. The zero-order valence-corrected chi connectivity index (χ0v) is 17.9. The minimum Gasteiger partial charge on any atom is -0.337 e. The molecule has 0 saturated heterocycles. The normalized spacial score (nSPS) is 11.4. The molecule has 4 rings (SSSR count). The first-order valence-electron chi connectivity index (χ1n) is 9.92. The molecule has 0 aliphatic heterocycles. The summed E-state index contributed by atoms with van der Waals surface area (Å²) in [5, 5.41) is 2.57. The first kappa shape index (κ1) is 21.5. The van der Waals surface area contributed by atoms with Gasteiger partial charge in [-0.15, -0.1) is 0 Å². The van der Waals surface area contributed by atoms with E-state index in [1.54, 1.807) is 30.9 Å². The van der Waals surface area contributed by atoms with E-state index < -0.39 is 16.1 Å². The second-order valence-electron chi connectivity index (χ2n) is 7.10. The number of sulfonamides is 1. The molecule has 4 aromatic rings. The van der Waals surface area contributed by atoms with E-state index in [0.29, 0.717) is 13.0 Å². The van der Waals surface area contributed by atoms with Crippen LogP contribution >= 0.6 is 0 Å². The lowest BCUT2D eigenvalue weighted by Crippen LogP contribution is -2.40. The maximum absolute atomic E-state index is 12.3. The number of benzene rings is 2. The highest BCUT2D eigenvalue weighted by Gasteiger charge is 2.17. The number of amides is 2. The van der Waals surface area contributed by atoms with Crippen molar-refractivity contribution in [3.8, 4) is 5.69 Å². The quantitative estimate of drug-likeness (QED) is 0.395. The number of hydrogen-bond donors (Lipinski definition) is 3. The number of carbonyl (C=O) groups excluding carboxylic acids is 1. The van der Waals surface area contributed by atoms with Crippen LogP contribution in [0.4, 0.5) is 4.79 Å². The number of nitrogens with zero attached hydrogens (tertiary/aromatic N) is 3. The van der Waals surface area contributed by atoms with Gasteiger partial charge in [-0.1, -0.05) is 24.3 Å². The van der Waals surface area contributed by atoms with Crippen LogP contribution in [0.5, 0.6) is 0 Å². The number of carbonyl (C=O) groups is 1. The Morgan fingerprint density at radius 1 is 1.00 bits per heavy atom. The van der Waals surface area contributed by atoms with Crippen LogP contribution in [-0.4, -0.2) is 35.5 Å². The van der Waals surface area contributed by atoms with Gasteiger partial charge in [-0.2, -0.15) is 0 Å². The van der Waals surface area contributed by atoms with E-state index in [-0.39, 0.29) is 11.4 Å². The SMILES string of the molecule is NCc1ccc(S(=O)(=O)NC(=O)NCCc2ccc(-n3cnc4cnccc43)cc2)cc1. The topological polar surface area (TPSA) is 132 Å². The summed E-state index contributed by atoms with van der Waals surface area (Å²) >= 11 is 0. The molecule has 2 amide bonds. The minimum atomic E-state index is -3.94. The van der Waals surface area contributed by atoms with Gasteiger partial charge in [0.25, 0.3) is 10.0 Å². The summed E-state index contributed by atoms with van der Waals surface area (Å²) in [6, 6.07) is 15.0. The van der Waals surface area contributed by atoms with Crippen LogP contribution in [0.25, 0.3) is 16.7 Å². The summed E-state index contributed by atoms with van der Waals surface area (Å²) < 4.78 is 28.6. The monoisotopic (exact) mass is 450 g/mol. The Morgan fingerprint density at radius 3 is 2.44 bits per heavy atom. The number of hydrogen-bond acceptors (Lipinski definition) is 6. The zero-order valence-electron chi connectivity index (χ0n) is 17.1. The molecular weight excluding hydrogens is 428 g/mol. The van der Waals surface area contributed by atoms with Gasteiger partial charge in [0.2, 0.25) is 0 Å². The molecule has 2 aromatic heterocycles. The lowest BCUT2D eigenvalue weighted by Gasteiger charge is -2.10. The molecule has 0 bridgehead atoms. The molecule has 0 unspecified atom stereocenters. The molecule has 0 radical (unpaired) electrons. The molecule has 164 valence electrons. The van der Waals surface area contributed by atoms with Gasteiger partial charge in [-0.3, -0.25) is 9.55 Å². The second kappa shape index (κ2) is 9.16. The van der Waals surface area contributed by atoms with Crippen LogP contribution in [0.15, 0.2) is 78.2 Å². The minimum absolute atomic E-state index is 0.00301. The van der Waals surface area contributed by atoms with Crippen molar-refractivity contribution >= 4 is 27.1 Å². The highest BCUT2D eigenvalue weighted by molar-refractivity contribution is 7.90. The van der Waals surface area contributed by atoms with E-state index in [9.17, 15) is 13.2 Å². The predicted molar refractivity (Wildman–Crippen MR) is 121 cm³/mol. The van der Waals surface area contributed by atoms with Gasteiger partial charge in [0.05, 0.1) is 16.6 Å². The van der Waals surface area contributed by atoms with Crippen molar-refractivity contribution in [3.63, 3.8) is 0 Å². The fourth-order valence-corrected chi connectivity index (χ4v) is 4.16. The highest BCUT2D eigenvalue weighted by Crippen LogP contribution is 2.17. The Labute approximate surface area is 185 Å². The second-order valence-corrected chi connectivity index (χ2v) is 8.79. The van der Waals surface area contributed by atoms with E-state index >= 15 is 0 Å². The van der Waals surface area contributed by atoms with Crippen molar-refractivity contribution < 1.29 is 13.2 Å². The molecule has 9 nitrogen and oxygen atoms in total. The lowest BCUT2D eigenvalue weighted by molar-refractivity contribution is 0.246. The number of pyridine rings is 1. The van der Waals surface area contributed by atoms with Crippen LogP contribution in [0.2, 0.25) is 0 Å². The molecule has 0 aliphatic rings. The van der Waals surface area contributed by atoms with Gasteiger partial charge >= 0.3 is 6.03 Å². The number of nitrogens with two attached hydrogens (primary N) is 1. The van der Waals surface area contributed by atoms with Crippen molar-refractivity contribution in [1.82, 2.24) is 24.6 Å². The van der Waals surface area contributed by atoms with E-state index in [2.05, 4.69) is 15.3 Å². The number of imidazole rings is 1. The van der Waals surface area contributed by atoms with Crippen molar-refractivity contribution in [1.29, 1.82) is 0 Å². The molecule has 32 heavy (non-hydrogen) atoms. The molecule has 0 spiro atoms. The summed E-state index contributed by atoms with van der Waals surface area (Å²) in [5.41, 5.74) is 10.1. The molecule has 0 saturated carbocycles. The van der Waals surface area contributed by atoms with Crippen LogP contribution in [0.1, 0.15) is 11.1 Å². The van der Waals surface area contributed by atoms with Crippen molar-refractivity contribution in [2.75, 3.05) is 6.54 Å². The Bertz CT molecular complexity index is 1330. The molecule has 4 N–H and O–H groups in total. The third-order valence-corrected chi connectivity index (χ3v) is 6.31. The summed E-state index contributed by atoms with van der Waals surface area (Å²) in [6.07, 6.45) is 5.73. The van der Waals surface area contributed by atoms with Gasteiger partial charge < -0.3 is 11.1 Å². The lowest BCUT2D eigenvalue weighted by atomic mass is 10.1. The maximum atomic E-state index is 12.3. The average Bonchev–Trinajstić information content (AvgIpc) is 3.23. The molecular formula is C22H22N6O3S. The van der Waals surface area contributed by atoms with Gasteiger partial charge in [-0.05, 0) is 47.9 Å². The van der Waals surface area contributed by atoms with Crippen LogP contribution in [0, 0.1) is 0 Å². The number of aromatic nitrogens is 3. The summed E-state index contributed by atoms with van der Waals surface area (Å²) in [6.45, 7) is 0.595. The molecule has 0 aliphatic carbocycles. The Morgan fingerprint density at radius 2 is 1.72 bits per heavy atom. The zero-order chi connectivity index (χ0) is 22.6. The third-order valence-electron chi connectivity index (χ3n) is 4.96. The van der Waals surface area contributed by atoms with Crippen LogP contribution in [0.3, 0.4) is 0 Å².